The van der Waals surface area contributed by atoms with Crippen LogP contribution in [0.2, 0.25) is 0 Å². The van der Waals surface area contributed by atoms with E-state index in [2.05, 4.69) is 40.7 Å². The number of piperazine rings is 1. The second-order valence-electron chi connectivity index (χ2n) is 10.6. The first-order chi connectivity index (χ1) is 17.8. The van der Waals surface area contributed by atoms with Gasteiger partial charge >= 0.3 is 0 Å². The van der Waals surface area contributed by atoms with Gasteiger partial charge in [0.25, 0.3) is 0 Å². The highest BCUT2D eigenvalue weighted by atomic mass is 19.1. The molecule has 10 heteroatoms. The highest BCUT2D eigenvalue weighted by Crippen LogP contribution is 2.41. The minimum atomic E-state index is -0.617. The molecule has 2 bridgehead atoms. The molecule has 3 aliphatic rings. The van der Waals surface area contributed by atoms with Crippen LogP contribution in [0.25, 0.3) is 11.3 Å². The van der Waals surface area contributed by atoms with Gasteiger partial charge in [0.05, 0.1) is 23.7 Å². The first kappa shape index (κ1) is 24.0. The SMILES string of the molecule is CC(C)N1c2cc(-c3nc(Nc4ccc(CN5CC6CCC(C5)N6)cn4)ncc3F)cc(F)c2NC1C. The average Bonchev–Trinajstić information content (AvgIpc) is 3.39. The van der Waals surface area contributed by atoms with E-state index in [1.54, 1.807) is 6.07 Å². The number of nitrogens with one attached hydrogen (secondary N) is 3. The van der Waals surface area contributed by atoms with Crippen LogP contribution in [0.1, 0.15) is 39.2 Å². The molecular formula is C27H32F2N8. The lowest BCUT2D eigenvalue weighted by Crippen LogP contribution is -2.50. The third-order valence-electron chi connectivity index (χ3n) is 7.45. The zero-order valence-corrected chi connectivity index (χ0v) is 21.3. The number of pyridine rings is 1. The third-order valence-corrected chi connectivity index (χ3v) is 7.45. The van der Waals surface area contributed by atoms with Crippen LogP contribution in [0.5, 0.6) is 0 Å². The molecule has 2 saturated heterocycles. The molecule has 0 radical (unpaired) electrons. The molecule has 3 atom stereocenters. The number of hydrogen-bond acceptors (Lipinski definition) is 8. The van der Waals surface area contributed by atoms with E-state index in [0.29, 0.717) is 34.8 Å². The van der Waals surface area contributed by atoms with Crippen molar-refractivity contribution in [3.05, 3.63) is 53.9 Å². The average molecular weight is 507 g/mol. The molecule has 0 aliphatic carbocycles. The molecule has 194 valence electrons. The quantitative estimate of drug-likeness (QED) is 0.452. The van der Waals surface area contributed by atoms with Gasteiger partial charge in [-0.2, -0.15) is 0 Å². The van der Waals surface area contributed by atoms with Gasteiger partial charge in [-0.1, -0.05) is 6.07 Å². The van der Waals surface area contributed by atoms with Crippen molar-refractivity contribution in [3.8, 4) is 11.3 Å². The number of aromatic nitrogens is 3. The van der Waals surface area contributed by atoms with Crippen LogP contribution >= 0.6 is 0 Å². The summed E-state index contributed by atoms with van der Waals surface area (Å²) in [6.45, 7) is 9.04. The van der Waals surface area contributed by atoms with Gasteiger partial charge in [0, 0.05) is 49.5 Å². The molecule has 3 N–H and O–H groups in total. The lowest BCUT2D eigenvalue weighted by Gasteiger charge is -2.32. The Balaban J connectivity index is 1.20. The van der Waals surface area contributed by atoms with Gasteiger partial charge in [-0.3, -0.25) is 4.90 Å². The minimum absolute atomic E-state index is 0.0346. The Labute approximate surface area is 215 Å². The Kier molecular flexibility index (Phi) is 6.16. The first-order valence-electron chi connectivity index (χ1n) is 13.0. The molecule has 3 aliphatic heterocycles. The summed E-state index contributed by atoms with van der Waals surface area (Å²) >= 11 is 0. The smallest absolute Gasteiger partial charge is 0.229 e. The maximum absolute atomic E-state index is 15.0. The fraction of sp³-hybridized carbons (Fsp3) is 0.444. The van der Waals surface area contributed by atoms with Crippen molar-refractivity contribution in [2.75, 3.05) is 28.6 Å². The van der Waals surface area contributed by atoms with Crippen molar-refractivity contribution in [2.45, 2.75) is 64.4 Å². The number of fused-ring (bicyclic) bond motifs is 3. The summed E-state index contributed by atoms with van der Waals surface area (Å²) in [5, 5.41) is 9.88. The lowest BCUT2D eigenvalue weighted by molar-refractivity contribution is 0.188. The number of anilines is 4. The molecule has 37 heavy (non-hydrogen) atoms. The fourth-order valence-electron chi connectivity index (χ4n) is 5.90. The van der Waals surface area contributed by atoms with Crippen LogP contribution in [-0.2, 0) is 6.54 Å². The lowest BCUT2D eigenvalue weighted by atomic mass is 10.1. The number of rotatable bonds is 6. The summed E-state index contributed by atoms with van der Waals surface area (Å²) in [7, 11) is 0. The van der Waals surface area contributed by atoms with E-state index < -0.39 is 11.6 Å². The van der Waals surface area contributed by atoms with E-state index in [1.165, 1.54) is 18.9 Å². The summed E-state index contributed by atoms with van der Waals surface area (Å²) in [6, 6.07) is 8.35. The Hall–Kier alpha value is -3.37. The van der Waals surface area contributed by atoms with Gasteiger partial charge in [0.2, 0.25) is 5.95 Å². The molecule has 8 nitrogen and oxygen atoms in total. The molecule has 3 unspecified atom stereocenters. The number of benzene rings is 1. The van der Waals surface area contributed by atoms with Crippen LogP contribution in [-0.4, -0.2) is 57.2 Å². The van der Waals surface area contributed by atoms with E-state index in [4.69, 9.17) is 0 Å². The summed E-state index contributed by atoms with van der Waals surface area (Å²) in [4.78, 5) is 17.5. The molecule has 1 aromatic carbocycles. The Bertz CT molecular complexity index is 1290. The summed E-state index contributed by atoms with van der Waals surface area (Å²) in [6.07, 6.45) is 5.39. The predicted octanol–water partition coefficient (Wildman–Crippen LogP) is 4.48. The van der Waals surface area contributed by atoms with E-state index in [9.17, 15) is 8.78 Å². The molecule has 0 amide bonds. The minimum Gasteiger partial charge on any atom is -0.361 e. The van der Waals surface area contributed by atoms with Gasteiger partial charge in [-0.05, 0) is 57.4 Å². The fourth-order valence-corrected chi connectivity index (χ4v) is 5.90. The van der Waals surface area contributed by atoms with E-state index in [-0.39, 0.29) is 23.8 Å². The predicted molar refractivity (Wildman–Crippen MR) is 141 cm³/mol. The van der Waals surface area contributed by atoms with E-state index >= 15 is 0 Å². The van der Waals surface area contributed by atoms with Gasteiger partial charge in [-0.25, -0.2) is 23.7 Å². The van der Waals surface area contributed by atoms with Crippen molar-refractivity contribution >= 4 is 23.1 Å². The van der Waals surface area contributed by atoms with Gasteiger partial charge in [0.1, 0.15) is 17.3 Å². The number of halogens is 2. The highest BCUT2D eigenvalue weighted by molar-refractivity contribution is 5.82. The maximum atomic E-state index is 15.0. The van der Waals surface area contributed by atoms with Crippen molar-refractivity contribution in [3.63, 3.8) is 0 Å². The first-order valence-corrected chi connectivity index (χ1v) is 13.0. The molecule has 3 aromatic rings. The van der Waals surface area contributed by atoms with Gasteiger partial charge in [0.15, 0.2) is 5.82 Å². The van der Waals surface area contributed by atoms with Crippen LogP contribution in [0.15, 0.2) is 36.7 Å². The molecule has 0 spiro atoms. The van der Waals surface area contributed by atoms with Crippen LogP contribution in [0.4, 0.5) is 31.9 Å². The highest BCUT2D eigenvalue weighted by Gasteiger charge is 2.32. The second kappa shape index (κ2) is 9.50. The third kappa shape index (κ3) is 4.71. The van der Waals surface area contributed by atoms with Crippen LogP contribution in [0, 0.1) is 11.6 Å². The monoisotopic (exact) mass is 506 g/mol. The van der Waals surface area contributed by atoms with Crippen molar-refractivity contribution in [2.24, 2.45) is 0 Å². The van der Waals surface area contributed by atoms with Gasteiger partial charge < -0.3 is 20.9 Å². The molecule has 0 saturated carbocycles. The standard InChI is InChI=1S/C27H32F2N8/c1-15(2)37-16(3)32-26-21(28)8-18(9-23(26)37)25-22(29)11-31-27(35-25)34-24-7-4-17(10-30-24)12-36-13-19-5-6-20(14-36)33-19/h4,7-11,15-16,19-20,32-33H,5-6,12-14H2,1-3H3,(H,30,31,34,35). The molecular weight excluding hydrogens is 474 g/mol. The van der Waals surface area contributed by atoms with Gasteiger partial charge in [-0.15, -0.1) is 0 Å². The molecule has 6 rings (SSSR count). The Morgan fingerprint density at radius 2 is 1.84 bits per heavy atom. The zero-order chi connectivity index (χ0) is 25.7. The topological polar surface area (TPSA) is 81.2 Å². The summed E-state index contributed by atoms with van der Waals surface area (Å²) < 4.78 is 29.8. The molecule has 2 aromatic heterocycles. The molecule has 5 heterocycles. The van der Waals surface area contributed by atoms with Crippen molar-refractivity contribution in [1.82, 2.24) is 25.2 Å². The van der Waals surface area contributed by atoms with E-state index in [1.807, 2.05) is 39.1 Å². The van der Waals surface area contributed by atoms with Crippen LogP contribution in [0.3, 0.4) is 0 Å². The number of nitrogens with zero attached hydrogens (tertiary/aromatic N) is 5. The van der Waals surface area contributed by atoms with Crippen molar-refractivity contribution in [1.29, 1.82) is 0 Å². The summed E-state index contributed by atoms with van der Waals surface area (Å²) in [5.41, 5.74) is 2.65. The Morgan fingerprint density at radius 3 is 2.54 bits per heavy atom. The van der Waals surface area contributed by atoms with Crippen LogP contribution < -0.4 is 20.9 Å². The molecule has 2 fully saturated rings. The second-order valence-corrected chi connectivity index (χ2v) is 10.6. The number of hydrogen-bond donors (Lipinski definition) is 3. The van der Waals surface area contributed by atoms with Crippen molar-refractivity contribution < 1.29 is 8.78 Å². The Morgan fingerprint density at radius 1 is 1.05 bits per heavy atom. The normalized spacial score (nSPS) is 22.9. The zero-order valence-electron chi connectivity index (χ0n) is 21.3. The largest absolute Gasteiger partial charge is 0.361 e. The maximum Gasteiger partial charge on any atom is 0.229 e. The summed E-state index contributed by atoms with van der Waals surface area (Å²) in [5.74, 6) is -0.299. The van der Waals surface area contributed by atoms with E-state index in [0.717, 1.165) is 31.4 Å². The number of likely N-dealkylation sites (tertiary alicyclic amines) is 1.